The first-order valence-corrected chi connectivity index (χ1v) is 9.61. The van der Waals surface area contributed by atoms with Crippen LogP contribution in [-0.2, 0) is 9.59 Å². The van der Waals surface area contributed by atoms with Crippen LogP contribution in [-0.4, -0.2) is 28.7 Å². The first-order chi connectivity index (χ1) is 13.4. The van der Waals surface area contributed by atoms with Crippen LogP contribution in [0, 0.1) is 0 Å². The minimum Gasteiger partial charge on any atom is -0.480 e. The van der Waals surface area contributed by atoms with E-state index in [1.54, 1.807) is 24.3 Å². The highest BCUT2D eigenvalue weighted by molar-refractivity contribution is 6.09. The van der Waals surface area contributed by atoms with Gasteiger partial charge in [0.2, 0.25) is 0 Å². The normalized spacial score (nSPS) is 12.9. The van der Waals surface area contributed by atoms with Crippen LogP contribution in [0.3, 0.4) is 0 Å². The number of hydrogen-bond donors (Lipinski definition) is 2. The van der Waals surface area contributed by atoms with Gasteiger partial charge in [-0.3, -0.25) is 14.4 Å². The van der Waals surface area contributed by atoms with Gasteiger partial charge in [0.15, 0.2) is 5.78 Å². The molecule has 0 aliphatic carbocycles. The van der Waals surface area contributed by atoms with Gasteiger partial charge in [0, 0.05) is 23.5 Å². The molecule has 0 fully saturated rings. The number of unbranched alkanes of at least 4 members (excludes halogenated alkanes) is 2. The topological polar surface area (TPSA) is 97.5 Å². The number of carboxylic acids is 1. The van der Waals surface area contributed by atoms with E-state index < -0.39 is 12.0 Å². The van der Waals surface area contributed by atoms with Crippen LogP contribution in [0.5, 0.6) is 0 Å². The van der Waals surface area contributed by atoms with Crippen molar-refractivity contribution in [2.24, 2.45) is 5.73 Å². The first-order valence-electron chi connectivity index (χ1n) is 9.61. The lowest BCUT2D eigenvalue weighted by molar-refractivity contribution is -0.138. The van der Waals surface area contributed by atoms with Gasteiger partial charge in [0.05, 0.1) is 0 Å². The number of rotatable bonds is 11. The molecule has 2 aromatic carbocycles. The molecule has 5 nitrogen and oxygen atoms in total. The molecule has 0 saturated carbocycles. The van der Waals surface area contributed by atoms with Gasteiger partial charge in [-0.2, -0.15) is 0 Å². The smallest absolute Gasteiger partial charge is 0.320 e. The molecule has 3 N–H and O–H groups in total. The number of carbonyl (C=O) groups is 3. The van der Waals surface area contributed by atoms with Gasteiger partial charge in [-0.05, 0) is 24.5 Å². The van der Waals surface area contributed by atoms with Crippen LogP contribution < -0.4 is 5.73 Å². The molecule has 0 aliphatic rings. The summed E-state index contributed by atoms with van der Waals surface area (Å²) in [5, 5.41) is 8.76. The average molecular weight is 381 g/mol. The van der Waals surface area contributed by atoms with Crippen molar-refractivity contribution >= 4 is 17.5 Å². The lowest BCUT2D eigenvalue weighted by Crippen LogP contribution is -2.29. The summed E-state index contributed by atoms with van der Waals surface area (Å²) >= 11 is 0. The fourth-order valence-electron chi connectivity index (χ4n) is 3.07. The first kappa shape index (κ1) is 21.5. The number of Topliss-reactive ketones (excluding diaryl/α,β-unsaturated/α-hetero) is 1. The molecule has 0 radical (unpaired) electrons. The fourth-order valence-corrected chi connectivity index (χ4v) is 3.07. The number of carboxylic acid groups (broad SMARTS) is 1. The Hall–Kier alpha value is -2.79. The number of aliphatic carboxylic acids is 1. The second-order valence-electron chi connectivity index (χ2n) is 7.05. The minimum absolute atomic E-state index is 0.0585. The Kier molecular flexibility index (Phi) is 8.08. The maximum atomic E-state index is 12.6. The molecule has 148 valence electrons. The van der Waals surface area contributed by atoms with Gasteiger partial charge in [-0.25, -0.2) is 0 Å². The quantitative estimate of drug-likeness (QED) is 0.454. The third-order valence-corrected chi connectivity index (χ3v) is 4.92. The van der Waals surface area contributed by atoms with Crippen LogP contribution in [0.15, 0.2) is 54.6 Å². The summed E-state index contributed by atoms with van der Waals surface area (Å²) in [6, 6.07) is 15.5. The second kappa shape index (κ2) is 10.5. The maximum Gasteiger partial charge on any atom is 0.320 e. The van der Waals surface area contributed by atoms with Crippen molar-refractivity contribution in [2.45, 2.75) is 51.0 Å². The van der Waals surface area contributed by atoms with Crippen molar-refractivity contribution < 1.29 is 19.5 Å². The number of benzene rings is 2. The van der Waals surface area contributed by atoms with Gasteiger partial charge in [-0.15, -0.1) is 0 Å². The zero-order valence-electron chi connectivity index (χ0n) is 16.1. The van der Waals surface area contributed by atoms with Crippen LogP contribution in [0.1, 0.15) is 66.4 Å². The van der Waals surface area contributed by atoms with Gasteiger partial charge in [-0.1, -0.05) is 68.3 Å². The summed E-state index contributed by atoms with van der Waals surface area (Å²) in [5.74, 6) is -1.22. The molecule has 5 heteroatoms. The number of ketones is 2. The van der Waals surface area contributed by atoms with Gasteiger partial charge >= 0.3 is 5.97 Å². The Morgan fingerprint density at radius 3 is 2.29 bits per heavy atom. The molecule has 0 saturated heterocycles. The van der Waals surface area contributed by atoms with Gasteiger partial charge in [0.1, 0.15) is 11.8 Å². The van der Waals surface area contributed by atoms with Crippen molar-refractivity contribution in [1.29, 1.82) is 0 Å². The van der Waals surface area contributed by atoms with Gasteiger partial charge in [0.25, 0.3) is 0 Å². The zero-order valence-corrected chi connectivity index (χ0v) is 16.1. The zero-order chi connectivity index (χ0) is 20.5. The Balaban J connectivity index is 1.89. The highest BCUT2D eigenvalue weighted by atomic mass is 16.4. The molecule has 0 heterocycles. The summed E-state index contributed by atoms with van der Waals surface area (Å²) in [4.78, 5) is 35.8. The highest BCUT2D eigenvalue weighted by Gasteiger charge is 2.17. The molecular weight excluding hydrogens is 354 g/mol. The summed E-state index contributed by atoms with van der Waals surface area (Å²) in [5.41, 5.74) is 7.50. The molecule has 0 aromatic heterocycles. The van der Waals surface area contributed by atoms with E-state index in [1.807, 2.05) is 37.3 Å². The van der Waals surface area contributed by atoms with Crippen molar-refractivity contribution in [3.05, 3.63) is 71.3 Å². The Morgan fingerprint density at radius 1 is 0.929 bits per heavy atom. The molecule has 1 unspecified atom stereocenters. The van der Waals surface area contributed by atoms with E-state index in [0.717, 1.165) is 12.0 Å². The molecule has 0 aliphatic heterocycles. The van der Waals surface area contributed by atoms with E-state index in [2.05, 4.69) is 0 Å². The van der Waals surface area contributed by atoms with Crippen molar-refractivity contribution in [3.8, 4) is 0 Å². The molecule has 28 heavy (non-hydrogen) atoms. The number of hydrogen-bond acceptors (Lipinski definition) is 4. The molecule has 2 rings (SSSR count). The predicted molar refractivity (Wildman–Crippen MR) is 108 cm³/mol. The largest absolute Gasteiger partial charge is 0.480 e. The highest BCUT2D eigenvalue weighted by Crippen LogP contribution is 2.22. The summed E-state index contributed by atoms with van der Waals surface area (Å²) < 4.78 is 0. The van der Waals surface area contributed by atoms with E-state index in [-0.39, 0.29) is 17.5 Å². The third-order valence-electron chi connectivity index (χ3n) is 4.92. The lowest BCUT2D eigenvalue weighted by Gasteiger charge is -2.12. The summed E-state index contributed by atoms with van der Waals surface area (Å²) in [6.45, 7) is 1.86. The monoisotopic (exact) mass is 381 g/mol. The Morgan fingerprint density at radius 2 is 1.61 bits per heavy atom. The third kappa shape index (κ3) is 6.13. The Bertz CT molecular complexity index is 816. The SMILES string of the molecule is CC(C(=O)CCCCC[C@H](N)C(=O)O)c1cccc(C(=O)c2ccccc2)c1. The summed E-state index contributed by atoms with van der Waals surface area (Å²) in [6.07, 6.45) is 3.02. The molecule has 0 bridgehead atoms. The van der Waals surface area contributed by atoms with Gasteiger partial charge < -0.3 is 10.8 Å². The molecule has 2 atom stereocenters. The van der Waals surface area contributed by atoms with E-state index >= 15 is 0 Å². The van der Waals surface area contributed by atoms with E-state index in [9.17, 15) is 14.4 Å². The lowest BCUT2D eigenvalue weighted by atomic mass is 9.91. The molecule has 2 aromatic rings. The number of nitrogens with two attached hydrogens (primary N) is 1. The summed E-state index contributed by atoms with van der Waals surface area (Å²) in [7, 11) is 0. The number of carbonyl (C=O) groups excluding carboxylic acids is 2. The van der Waals surface area contributed by atoms with Crippen molar-refractivity contribution in [2.75, 3.05) is 0 Å². The van der Waals surface area contributed by atoms with Crippen LogP contribution in [0.2, 0.25) is 0 Å². The van der Waals surface area contributed by atoms with E-state index in [0.29, 0.717) is 36.8 Å². The van der Waals surface area contributed by atoms with E-state index in [4.69, 9.17) is 10.8 Å². The molecule has 0 spiro atoms. The molecule has 0 amide bonds. The Labute approximate surface area is 165 Å². The van der Waals surface area contributed by atoms with Crippen LogP contribution in [0.25, 0.3) is 0 Å². The standard InChI is InChI=1S/C23H27NO4/c1-16(21(25)14-7-3-6-13-20(24)23(27)28)18-11-8-12-19(15-18)22(26)17-9-4-2-5-10-17/h2,4-5,8-12,15-16,20H,3,6-7,13-14,24H2,1H3,(H,27,28)/t16?,20-/m0/s1. The van der Waals surface area contributed by atoms with Crippen LogP contribution in [0.4, 0.5) is 0 Å². The average Bonchev–Trinajstić information content (AvgIpc) is 2.72. The molecular formula is C23H27NO4. The maximum absolute atomic E-state index is 12.6. The van der Waals surface area contributed by atoms with E-state index in [1.165, 1.54) is 0 Å². The fraction of sp³-hybridized carbons (Fsp3) is 0.348. The van der Waals surface area contributed by atoms with Crippen LogP contribution >= 0.6 is 0 Å². The van der Waals surface area contributed by atoms with Crippen molar-refractivity contribution in [3.63, 3.8) is 0 Å². The minimum atomic E-state index is -0.991. The van der Waals surface area contributed by atoms with Crippen molar-refractivity contribution in [1.82, 2.24) is 0 Å². The second-order valence-corrected chi connectivity index (χ2v) is 7.05. The predicted octanol–water partition coefficient (Wildman–Crippen LogP) is 3.95.